The van der Waals surface area contributed by atoms with E-state index < -0.39 is 0 Å². The highest BCUT2D eigenvalue weighted by Crippen LogP contribution is 2.22. The van der Waals surface area contributed by atoms with E-state index in [9.17, 15) is 0 Å². The van der Waals surface area contributed by atoms with Crippen molar-refractivity contribution in [2.75, 3.05) is 0 Å². The lowest BCUT2D eigenvalue weighted by molar-refractivity contribution is 0.306. The molecule has 0 bridgehead atoms. The first kappa shape index (κ1) is 14.4. The van der Waals surface area contributed by atoms with Crippen molar-refractivity contribution in [2.24, 2.45) is 5.73 Å². The summed E-state index contributed by atoms with van der Waals surface area (Å²) in [6.45, 7) is 4.46. The third-order valence-electron chi connectivity index (χ3n) is 2.95. The molecule has 3 nitrogen and oxygen atoms in total. The van der Waals surface area contributed by atoms with Gasteiger partial charge in [-0.15, -0.1) is 0 Å². The molecular weight excluding hydrogens is 272 g/mol. The first-order valence-electron chi connectivity index (χ1n) is 6.29. The molecule has 2 rings (SSSR count). The van der Waals surface area contributed by atoms with E-state index in [0.29, 0.717) is 17.2 Å². The topological polar surface area (TPSA) is 59.1 Å². The predicted molar refractivity (Wildman–Crippen MR) is 82.7 cm³/mol. The Bertz CT molecular complexity index is 633. The fourth-order valence-corrected chi connectivity index (χ4v) is 2.24. The predicted octanol–water partition coefficient (Wildman–Crippen LogP) is 3.82. The van der Waals surface area contributed by atoms with Crippen LogP contribution in [0.15, 0.2) is 36.4 Å². The maximum Gasteiger partial charge on any atom is 0.122 e. The maximum absolute atomic E-state index is 7.37. The number of amidine groups is 1. The van der Waals surface area contributed by atoms with Gasteiger partial charge in [-0.3, -0.25) is 5.41 Å². The molecule has 0 saturated heterocycles. The standard InChI is InChI=1S/C16H17ClN2O/c1-10-5-11(2)7-14(6-10)20-9-13-4-3-12(16(18)19)8-15(13)17/h3-8H,9H2,1-2H3,(H3,18,19). The number of ether oxygens (including phenoxy) is 1. The molecule has 0 aliphatic rings. The minimum atomic E-state index is 0.00803. The van der Waals surface area contributed by atoms with Crippen LogP contribution in [0.3, 0.4) is 0 Å². The van der Waals surface area contributed by atoms with Crippen LogP contribution in [0, 0.1) is 19.3 Å². The lowest BCUT2D eigenvalue weighted by Crippen LogP contribution is -2.11. The van der Waals surface area contributed by atoms with Crippen molar-refractivity contribution in [3.8, 4) is 5.75 Å². The number of hydrogen-bond acceptors (Lipinski definition) is 2. The van der Waals surface area contributed by atoms with E-state index in [1.165, 1.54) is 0 Å². The lowest BCUT2D eigenvalue weighted by atomic mass is 10.1. The Morgan fingerprint density at radius 2 is 1.80 bits per heavy atom. The normalized spacial score (nSPS) is 10.3. The van der Waals surface area contributed by atoms with E-state index in [4.69, 9.17) is 27.5 Å². The summed E-state index contributed by atoms with van der Waals surface area (Å²) in [5.74, 6) is 0.836. The summed E-state index contributed by atoms with van der Waals surface area (Å²) in [5.41, 5.74) is 9.24. The fourth-order valence-electron chi connectivity index (χ4n) is 2.01. The summed E-state index contributed by atoms with van der Waals surface area (Å²) >= 11 is 6.17. The average molecular weight is 289 g/mol. The summed E-state index contributed by atoms with van der Waals surface area (Å²) in [5, 5.41) is 7.93. The van der Waals surface area contributed by atoms with Crippen molar-refractivity contribution in [1.82, 2.24) is 0 Å². The van der Waals surface area contributed by atoms with Gasteiger partial charge in [0.2, 0.25) is 0 Å². The van der Waals surface area contributed by atoms with Gasteiger partial charge >= 0.3 is 0 Å². The number of nitrogens with two attached hydrogens (primary N) is 1. The number of benzene rings is 2. The molecule has 3 N–H and O–H groups in total. The van der Waals surface area contributed by atoms with Crippen LogP contribution in [-0.2, 0) is 6.61 Å². The molecule has 0 aliphatic heterocycles. The highest BCUT2D eigenvalue weighted by Gasteiger charge is 2.05. The quantitative estimate of drug-likeness (QED) is 0.664. The van der Waals surface area contributed by atoms with Crippen LogP contribution in [0.2, 0.25) is 5.02 Å². The largest absolute Gasteiger partial charge is 0.489 e. The van der Waals surface area contributed by atoms with E-state index in [-0.39, 0.29) is 5.84 Å². The number of rotatable bonds is 4. The Kier molecular flexibility index (Phi) is 4.30. The monoisotopic (exact) mass is 288 g/mol. The second kappa shape index (κ2) is 5.97. The molecule has 0 spiro atoms. The van der Waals surface area contributed by atoms with E-state index >= 15 is 0 Å². The van der Waals surface area contributed by atoms with E-state index in [0.717, 1.165) is 22.4 Å². The molecule has 0 heterocycles. The minimum Gasteiger partial charge on any atom is -0.489 e. The zero-order chi connectivity index (χ0) is 14.7. The molecular formula is C16H17ClN2O. The van der Waals surface area contributed by atoms with Crippen LogP contribution in [0.5, 0.6) is 5.75 Å². The van der Waals surface area contributed by atoms with Gasteiger partial charge in [0.15, 0.2) is 0 Å². The average Bonchev–Trinajstić information content (AvgIpc) is 2.36. The molecule has 0 fully saturated rings. The third kappa shape index (κ3) is 3.52. The molecule has 2 aromatic carbocycles. The van der Waals surface area contributed by atoms with E-state index in [1.807, 2.05) is 32.0 Å². The summed E-state index contributed by atoms with van der Waals surface area (Å²) < 4.78 is 5.77. The second-order valence-corrected chi connectivity index (χ2v) is 5.24. The van der Waals surface area contributed by atoms with Gasteiger partial charge in [0.25, 0.3) is 0 Å². The minimum absolute atomic E-state index is 0.00803. The molecule has 0 radical (unpaired) electrons. The van der Waals surface area contributed by atoms with E-state index in [2.05, 4.69) is 6.07 Å². The summed E-state index contributed by atoms with van der Waals surface area (Å²) in [7, 11) is 0. The van der Waals surface area contributed by atoms with Gasteiger partial charge in [-0.25, -0.2) is 0 Å². The highest BCUT2D eigenvalue weighted by molar-refractivity contribution is 6.31. The summed E-state index contributed by atoms with van der Waals surface area (Å²) in [6, 6.07) is 11.4. The van der Waals surface area contributed by atoms with Crippen molar-refractivity contribution >= 4 is 17.4 Å². The number of aryl methyl sites for hydroxylation is 2. The zero-order valence-electron chi connectivity index (χ0n) is 11.5. The Balaban J connectivity index is 2.12. The molecule has 0 saturated carbocycles. The smallest absolute Gasteiger partial charge is 0.122 e. The van der Waals surface area contributed by atoms with Crippen LogP contribution in [0.4, 0.5) is 0 Å². The second-order valence-electron chi connectivity index (χ2n) is 4.83. The highest BCUT2D eigenvalue weighted by atomic mass is 35.5. The molecule has 104 valence electrons. The Morgan fingerprint density at radius 3 is 2.35 bits per heavy atom. The number of nitrogen functional groups attached to an aromatic ring is 1. The number of hydrogen-bond donors (Lipinski definition) is 2. The van der Waals surface area contributed by atoms with E-state index in [1.54, 1.807) is 12.1 Å². The number of halogens is 1. The number of nitrogens with one attached hydrogen (secondary N) is 1. The van der Waals surface area contributed by atoms with Crippen molar-refractivity contribution in [3.05, 3.63) is 63.7 Å². The SMILES string of the molecule is Cc1cc(C)cc(OCc2ccc(C(=N)N)cc2Cl)c1. The Hall–Kier alpha value is -2.00. The first-order valence-corrected chi connectivity index (χ1v) is 6.67. The van der Waals surface area contributed by atoms with Crippen LogP contribution in [0.25, 0.3) is 0 Å². The molecule has 0 aromatic heterocycles. The molecule has 4 heteroatoms. The maximum atomic E-state index is 7.37. The molecule has 0 amide bonds. The molecule has 0 atom stereocenters. The van der Waals surface area contributed by atoms with Gasteiger partial charge < -0.3 is 10.5 Å². The summed E-state index contributed by atoms with van der Waals surface area (Å²) in [4.78, 5) is 0. The van der Waals surface area contributed by atoms with Crippen molar-refractivity contribution < 1.29 is 4.74 Å². The fraction of sp³-hybridized carbons (Fsp3) is 0.188. The van der Waals surface area contributed by atoms with Crippen molar-refractivity contribution in [1.29, 1.82) is 5.41 Å². The molecule has 2 aromatic rings. The zero-order valence-corrected chi connectivity index (χ0v) is 12.3. The Morgan fingerprint density at radius 1 is 1.15 bits per heavy atom. The van der Waals surface area contributed by atoms with Crippen molar-refractivity contribution in [2.45, 2.75) is 20.5 Å². The van der Waals surface area contributed by atoms with Gasteiger partial charge in [0, 0.05) is 16.1 Å². The van der Waals surface area contributed by atoms with Crippen LogP contribution >= 0.6 is 11.6 Å². The third-order valence-corrected chi connectivity index (χ3v) is 3.31. The van der Waals surface area contributed by atoms with Crippen LogP contribution in [0.1, 0.15) is 22.3 Å². The Labute approximate surface area is 123 Å². The van der Waals surface area contributed by atoms with Gasteiger partial charge in [-0.05, 0) is 43.2 Å². The van der Waals surface area contributed by atoms with Gasteiger partial charge in [-0.1, -0.05) is 29.8 Å². The summed E-state index contributed by atoms with van der Waals surface area (Å²) in [6.07, 6.45) is 0. The first-order chi connectivity index (χ1) is 9.45. The van der Waals surface area contributed by atoms with Gasteiger partial charge in [-0.2, -0.15) is 0 Å². The molecule has 0 aliphatic carbocycles. The van der Waals surface area contributed by atoms with Crippen molar-refractivity contribution in [3.63, 3.8) is 0 Å². The van der Waals surface area contributed by atoms with Crippen LogP contribution < -0.4 is 10.5 Å². The van der Waals surface area contributed by atoms with Gasteiger partial charge in [0.05, 0.1) is 0 Å². The molecule has 0 unspecified atom stereocenters. The van der Waals surface area contributed by atoms with Gasteiger partial charge in [0.1, 0.15) is 18.2 Å². The molecule has 20 heavy (non-hydrogen) atoms. The lowest BCUT2D eigenvalue weighted by Gasteiger charge is -2.10. The van der Waals surface area contributed by atoms with Crippen LogP contribution in [-0.4, -0.2) is 5.84 Å².